The fourth-order valence-electron chi connectivity index (χ4n) is 2.48. The Morgan fingerprint density at radius 2 is 2.16 bits per heavy atom. The van der Waals surface area contributed by atoms with Gasteiger partial charge in [0.15, 0.2) is 6.61 Å². The molecule has 0 spiro atoms. The number of hydrogen-bond donors (Lipinski definition) is 1. The highest BCUT2D eigenvalue weighted by molar-refractivity contribution is 7.09. The van der Waals surface area contributed by atoms with Crippen molar-refractivity contribution in [2.75, 3.05) is 6.61 Å². The minimum absolute atomic E-state index is 0.130. The van der Waals surface area contributed by atoms with Gasteiger partial charge in [-0.05, 0) is 38.5 Å². The molecule has 130 valence electrons. The predicted octanol–water partition coefficient (Wildman–Crippen LogP) is 3.12. The van der Waals surface area contributed by atoms with Gasteiger partial charge in [-0.15, -0.1) is 11.3 Å². The van der Waals surface area contributed by atoms with Crippen molar-refractivity contribution in [3.63, 3.8) is 0 Å². The smallest absolute Gasteiger partial charge is 0.336 e. The summed E-state index contributed by atoms with van der Waals surface area (Å²) in [7, 11) is 0. The van der Waals surface area contributed by atoms with Crippen molar-refractivity contribution >= 4 is 28.2 Å². The van der Waals surface area contributed by atoms with E-state index in [0.29, 0.717) is 11.3 Å². The maximum absolute atomic E-state index is 12.0. The Morgan fingerprint density at radius 1 is 1.36 bits per heavy atom. The van der Waals surface area contributed by atoms with E-state index in [1.807, 2.05) is 32.2 Å². The molecular formula is C18H18N2O4S. The number of nitrogens with zero attached hydrogens (tertiary/aromatic N) is 1. The molecule has 2 aromatic heterocycles. The summed E-state index contributed by atoms with van der Waals surface area (Å²) in [5.41, 5.74) is 1.70. The van der Waals surface area contributed by atoms with Crippen LogP contribution in [0.5, 0.6) is 5.75 Å². The second-order valence-corrected chi connectivity index (χ2v) is 6.84. The van der Waals surface area contributed by atoms with Crippen molar-refractivity contribution in [1.29, 1.82) is 0 Å². The highest BCUT2D eigenvalue weighted by atomic mass is 32.1. The maximum atomic E-state index is 12.0. The fourth-order valence-corrected chi connectivity index (χ4v) is 3.19. The molecule has 7 heteroatoms. The van der Waals surface area contributed by atoms with Crippen LogP contribution in [0.25, 0.3) is 11.0 Å². The van der Waals surface area contributed by atoms with Crippen LogP contribution < -0.4 is 15.7 Å². The third kappa shape index (κ3) is 4.06. The van der Waals surface area contributed by atoms with Crippen LogP contribution in [0.1, 0.15) is 29.2 Å². The minimum Gasteiger partial charge on any atom is -0.484 e. The summed E-state index contributed by atoms with van der Waals surface area (Å²) in [6, 6.07) is 6.43. The third-order valence-corrected chi connectivity index (χ3v) is 4.54. The van der Waals surface area contributed by atoms with Crippen molar-refractivity contribution in [3.05, 3.63) is 56.3 Å². The number of nitrogens with one attached hydrogen (secondary N) is 1. The van der Waals surface area contributed by atoms with Crippen LogP contribution in [0, 0.1) is 13.8 Å². The lowest BCUT2D eigenvalue weighted by molar-refractivity contribution is -0.123. The molecule has 3 rings (SSSR count). The van der Waals surface area contributed by atoms with Crippen molar-refractivity contribution in [1.82, 2.24) is 10.3 Å². The Hall–Kier alpha value is -2.67. The summed E-state index contributed by atoms with van der Waals surface area (Å²) in [5.74, 6) is 0.220. The Morgan fingerprint density at radius 3 is 2.88 bits per heavy atom. The van der Waals surface area contributed by atoms with Gasteiger partial charge in [-0.3, -0.25) is 4.79 Å². The molecule has 1 N–H and O–H groups in total. The third-order valence-electron chi connectivity index (χ3n) is 3.75. The van der Waals surface area contributed by atoms with Crippen molar-refractivity contribution < 1.29 is 13.9 Å². The number of thiazole rings is 1. The second-order valence-electron chi connectivity index (χ2n) is 5.78. The number of rotatable bonds is 5. The van der Waals surface area contributed by atoms with Gasteiger partial charge in [0.05, 0.1) is 16.7 Å². The van der Waals surface area contributed by atoms with Crippen LogP contribution in [0.15, 0.2) is 38.9 Å². The van der Waals surface area contributed by atoms with E-state index in [1.54, 1.807) is 23.5 Å². The van der Waals surface area contributed by atoms with E-state index in [-0.39, 0.29) is 18.6 Å². The van der Waals surface area contributed by atoms with E-state index in [4.69, 9.17) is 9.15 Å². The van der Waals surface area contributed by atoms with Gasteiger partial charge in [-0.2, -0.15) is 0 Å². The van der Waals surface area contributed by atoms with Crippen LogP contribution in [-0.4, -0.2) is 17.5 Å². The summed E-state index contributed by atoms with van der Waals surface area (Å²) in [6.45, 7) is 5.51. The number of benzene rings is 1. The lowest BCUT2D eigenvalue weighted by Crippen LogP contribution is -2.31. The zero-order chi connectivity index (χ0) is 18.0. The van der Waals surface area contributed by atoms with Gasteiger partial charge >= 0.3 is 5.63 Å². The van der Waals surface area contributed by atoms with Crippen molar-refractivity contribution in [3.8, 4) is 5.75 Å². The number of hydrogen-bond acceptors (Lipinski definition) is 6. The number of aromatic nitrogens is 1. The van der Waals surface area contributed by atoms with Crippen LogP contribution in [-0.2, 0) is 4.79 Å². The maximum Gasteiger partial charge on any atom is 0.336 e. The summed E-state index contributed by atoms with van der Waals surface area (Å²) in [4.78, 5) is 27.9. The molecule has 1 atom stereocenters. The molecule has 2 heterocycles. The van der Waals surface area contributed by atoms with Crippen LogP contribution in [0.3, 0.4) is 0 Å². The van der Waals surface area contributed by atoms with Crippen LogP contribution in [0.4, 0.5) is 0 Å². The monoisotopic (exact) mass is 358 g/mol. The lowest BCUT2D eigenvalue weighted by Gasteiger charge is -2.12. The summed E-state index contributed by atoms with van der Waals surface area (Å²) in [5, 5.41) is 6.56. The SMILES string of the molecule is Cc1nc(C(C)NC(=O)COc2ccc3c(C)cc(=O)oc3c2)cs1. The normalized spacial score (nSPS) is 12.1. The van der Waals surface area contributed by atoms with Gasteiger partial charge in [-0.1, -0.05) is 0 Å². The van der Waals surface area contributed by atoms with Gasteiger partial charge in [-0.25, -0.2) is 9.78 Å². The molecule has 0 aliphatic heterocycles. The lowest BCUT2D eigenvalue weighted by atomic mass is 10.1. The molecule has 1 unspecified atom stereocenters. The average Bonchev–Trinajstić information content (AvgIpc) is 2.99. The highest BCUT2D eigenvalue weighted by Gasteiger charge is 2.13. The molecule has 1 aromatic carbocycles. The molecule has 6 nitrogen and oxygen atoms in total. The molecule has 0 bridgehead atoms. The van der Waals surface area contributed by atoms with E-state index in [2.05, 4.69) is 10.3 Å². The van der Waals surface area contributed by atoms with E-state index >= 15 is 0 Å². The van der Waals surface area contributed by atoms with Gasteiger partial charge < -0.3 is 14.5 Å². The highest BCUT2D eigenvalue weighted by Crippen LogP contribution is 2.22. The second kappa shape index (κ2) is 7.06. The Bertz CT molecular complexity index is 977. The predicted molar refractivity (Wildman–Crippen MR) is 96.1 cm³/mol. The first kappa shape index (κ1) is 17.2. The number of aryl methyl sites for hydroxylation is 2. The largest absolute Gasteiger partial charge is 0.484 e. The van der Waals surface area contributed by atoms with Crippen LogP contribution in [0.2, 0.25) is 0 Å². The fraction of sp³-hybridized carbons (Fsp3) is 0.278. The summed E-state index contributed by atoms with van der Waals surface area (Å²) in [6.07, 6.45) is 0. The molecule has 0 saturated heterocycles. The first-order valence-corrected chi connectivity index (χ1v) is 8.69. The average molecular weight is 358 g/mol. The summed E-state index contributed by atoms with van der Waals surface area (Å²) < 4.78 is 10.7. The molecule has 3 aromatic rings. The molecule has 0 fully saturated rings. The first-order valence-electron chi connectivity index (χ1n) is 7.81. The Balaban J connectivity index is 1.64. The summed E-state index contributed by atoms with van der Waals surface area (Å²) >= 11 is 1.54. The zero-order valence-corrected chi connectivity index (χ0v) is 15.0. The van der Waals surface area contributed by atoms with Gasteiger partial charge in [0, 0.05) is 22.9 Å². The molecule has 0 aliphatic rings. The van der Waals surface area contributed by atoms with Crippen LogP contribution >= 0.6 is 11.3 Å². The standard InChI is InChI=1S/C18H18N2O4S/c1-10-6-18(22)24-16-7-13(4-5-14(10)16)23-8-17(21)19-11(2)15-9-25-12(3)20-15/h4-7,9,11H,8H2,1-3H3,(H,19,21). The topological polar surface area (TPSA) is 81.4 Å². The Labute approximate surface area is 148 Å². The number of amides is 1. The Kier molecular flexibility index (Phi) is 4.85. The molecule has 0 aliphatic carbocycles. The molecule has 0 radical (unpaired) electrons. The molecular weight excluding hydrogens is 340 g/mol. The van der Waals surface area contributed by atoms with Gasteiger partial charge in [0.1, 0.15) is 11.3 Å². The molecule has 0 saturated carbocycles. The first-order chi connectivity index (χ1) is 11.9. The molecule has 25 heavy (non-hydrogen) atoms. The van der Waals surface area contributed by atoms with Crippen molar-refractivity contribution in [2.24, 2.45) is 0 Å². The van der Waals surface area contributed by atoms with Crippen molar-refractivity contribution in [2.45, 2.75) is 26.8 Å². The number of carbonyl (C=O) groups excluding carboxylic acids is 1. The van der Waals surface area contributed by atoms with Gasteiger partial charge in [0.25, 0.3) is 5.91 Å². The van der Waals surface area contributed by atoms with E-state index in [0.717, 1.165) is 21.7 Å². The number of fused-ring (bicyclic) bond motifs is 1. The van der Waals surface area contributed by atoms with Gasteiger partial charge in [0.2, 0.25) is 0 Å². The molecule has 1 amide bonds. The van der Waals surface area contributed by atoms with E-state index in [9.17, 15) is 9.59 Å². The zero-order valence-electron chi connectivity index (χ0n) is 14.2. The number of ether oxygens (including phenoxy) is 1. The quantitative estimate of drug-likeness (QED) is 0.709. The van der Waals surface area contributed by atoms with E-state index < -0.39 is 5.63 Å². The minimum atomic E-state index is -0.410. The number of carbonyl (C=O) groups is 1. The van der Waals surface area contributed by atoms with E-state index in [1.165, 1.54) is 6.07 Å².